The highest BCUT2D eigenvalue weighted by molar-refractivity contribution is 9.10. The molecule has 3 heteroatoms. The molecule has 0 aromatic heterocycles. The molecule has 0 fully saturated rings. The van der Waals surface area contributed by atoms with Crippen molar-refractivity contribution in [1.29, 1.82) is 0 Å². The summed E-state index contributed by atoms with van der Waals surface area (Å²) in [5.74, 6) is 0.874. The number of hydrogen-bond donors (Lipinski definition) is 0. The van der Waals surface area contributed by atoms with Crippen LogP contribution in [-0.4, -0.2) is 6.61 Å². The summed E-state index contributed by atoms with van der Waals surface area (Å²) in [6, 6.07) is 14.1. The summed E-state index contributed by atoms with van der Waals surface area (Å²) in [6.07, 6.45) is 0. The fraction of sp³-hybridized carbons (Fsp3) is 0.250. The Morgan fingerprint density at radius 1 is 1.16 bits per heavy atom. The van der Waals surface area contributed by atoms with E-state index in [1.165, 1.54) is 5.56 Å². The zero-order valence-corrected chi connectivity index (χ0v) is 13.3. The van der Waals surface area contributed by atoms with E-state index in [4.69, 9.17) is 16.3 Å². The highest BCUT2D eigenvalue weighted by Gasteiger charge is 2.14. The van der Waals surface area contributed by atoms with Crippen molar-refractivity contribution in [3.05, 3.63) is 63.6 Å². The molecule has 0 spiro atoms. The van der Waals surface area contributed by atoms with Gasteiger partial charge in [-0.15, -0.1) is 11.6 Å². The van der Waals surface area contributed by atoms with Crippen LogP contribution in [0.2, 0.25) is 0 Å². The summed E-state index contributed by atoms with van der Waals surface area (Å²) in [5.41, 5.74) is 3.34. The summed E-state index contributed by atoms with van der Waals surface area (Å²) < 4.78 is 6.51. The van der Waals surface area contributed by atoms with Crippen molar-refractivity contribution in [2.24, 2.45) is 0 Å². The standard InChI is InChI=1S/C16H16BrClO/c1-3-19-13-9-7-12(8-10-13)16(18)14-6-4-5-11(2)15(14)17/h4-10,16H,3H2,1-2H3. The Morgan fingerprint density at radius 2 is 1.84 bits per heavy atom. The van der Waals surface area contributed by atoms with Gasteiger partial charge >= 0.3 is 0 Å². The largest absolute Gasteiger partial charge is 0.494 e. The number of halogens is 2. The van der Waals surface area contributed by atoms with E-state index in [2.05, 4.69) is 28.9 Å². The lowest BCUT2D eigenvalue weighted by Gasteiger charge is -2.14. The van der Waals surface area contributed by atoms with Gasteiger partial charge in [-0.3, -0.25) is 0 Å². The molecule has 1 unspecified atom stereocenters. The van der Waals surface area contributed by atoms with Crippen molar-refractivity contribution < 1.29 is 4.74 Å². The molecule has 100 valence electrons. The van der Waals surface area contributed by atoms with Crippen LogP contribution in [0.4, 0.5) is 0 Å². The first-order valence-electron chi connectivity index (χ1n) is 6.25. The smallest absolute Gasteiger partial charge is 0.119 e. The van der Waals surface area contributed by atoms with Gasteiger partial charge in [0, 0.05) is 4.47 Å². The molecule has 2 aromatic rings. The molecule has 0 aliphatic rings. The summed E-state index contributed by atoms with van der Waals surface area (Å²) in [5, 5.41) is -0.162. The average molecular weight is 340 g/mol. The van der Waals surface area contributed by atoms with E-state index in [9.17, 15) is 0 Å². The lowest BCUT2D eigenvalue weighted by molar-refractivity contribution is 0.340. The maximum atomic E-state index is 6.57. The molecule has 1 nitrogen and oxygen atoms in total. The summed E-state index contributed by atoms with van der Waals surface area (Å²) >= 11 is 10.2. The second kappa shape index (κ2) is 6.44. The van der Waals surface area contributed by atoms with Crippen molar-refractivity contribution in [3.8, 4) is 5.75 Å². The maximum Gasteiger partial charge on any atom is 0.119 e. The highest BCUT2D eigenvalue weighted by atomic mass is 79.9. The molecule has 0 amide bonds. The zero-order valence-electron chi connectivity index (χ0n) is 11.0. The van der Waals surface area contributed by atoms with E-state index in [1.54, 1.807) is 0 Å². The Labute approximate surface area is 127 Å². The lowest BCUT2D eigenvalue weighted by Crippen LogP contribution is -1.97. The van der Waals surface area contributed by atoms with Gasteiger partial charge in [0.1, 0.15) is 5.75 Å². The lowest BCUT2D eigenvalue weighted by atomic mass is 10.0. The Balaban J connectivity index is 2.28. The Morgan fingerprint density at radius 3 is 2.47 bits per heavy atom. The molecule has 0 aliphatic carbocycles. The third-order valence-electron chi connectivity index (χ3n) is 2.98. The van der Waals surface area contributed by atoms with Crippen molar-refractivity contribution in [1.82, 2.24) is 0 Å². The van der Waals surface area contributed by atoms with Gasteiger partial charge in [0.25, 0.3) is 0 Å². The van der Waals surface area contributed by atoms with Crippen LogP contribution in [0.25, 0.3) is 0 Å². The molecule has 0 heterocycles. The van der Waals surface area contributed by atoms with Gasteiger partial charge in [-0.2, -0.15) is 0 Å². The molecule has 2 rings (SSSR count). The molecule has 0 aliphatic heterocycles. The van der Waals surface area contributed by atoms with Crippen LogP contribution in [0.1, 0.15) is 29.0 Å². The second-order valence-corrected chi connectivity index (χ2v) is 5.57. The molecule has 1 atom stereocenters. The monoisotopic (exact) mass is 338 g/mol. The number of benzene rings is 2. The van der Waals surface area contributed by atoms with Crippen LogP contribution >= 0.6 is 27.5 Å². The van der Waals surface area contributed by atoms with Gasteiger partial charge in [-0.05, 0) is 42.7 Å². The van der Waals surface area contributed by atoms with Crippen LogP contribution in [0, 0.1) is 6.92 Å². The molecule has 2 aromatic carbocycles. The number of rotatable bonds is 4. The first-order valence-corrected chi connectivity index (χ1v) is 7.48. The minimum atomic E-state index is -0.162. The van der Waals surface area contributed by atoms with Crippen molar-refractivity contribution in [3.63, 3.8) is 0 Å². The van der Waals surface area contributed by atoms with Gasteiger partial charge in [-0.25, -0.2) is 0 Å². The minimum Gasteiger partial charge on any atom is -0.494 e. The predicted octanol–water partition coefficient (Wildman–Crippen LogP) is 5.48. The van der Waals surface area contributed by atoms with E-state index in [1.807, 2.05) is 43.3 Å². The van der Waals surface area contributed by atoms with Gasteiger partial charge in [0.15, 0.2) is 0 Å². The normalized spacial score (nSPS) is 12.2. The summed E-state index contributed by atoms with van der Waals surface area (Å²) in [7, 11) is 0. The molecular weight excluding hydrogens is 324 g/mol. The Bertz CT molecular complexity index is 551. The van der Waals surface area contributed by atoms with Crippen LogP contribution < -0.4 is 4.74 Å². The first kappa shape index (κ1) is 14.4. The summed E-state index contributed by atoms with van der Waals surface area (Å²) in [4.78, 5) is 0. The Kier molecular flexibility index (Phi) is 4.89. The third kappa shape index (κ3) is 3.31. The van der Waals surface area contributed by atoms with Gasteiger partial charge in [0.2, 0.25) is 0 Å². The number of alkyl halides is 1. The first-order chi connectivity index (χ1) is 9.13. The quantitative estimate of drug-likeness (QED) is 0.670. The van der Waals surface area contributed by atoms with Crippen LogP contribution in [0.15, 0.2) is 46.9 Å². The van der Waals surface area contributed by atoms with E-state index >= 15 is 0 Å². The summed E-state index contributed by atoms with van der Waals surface area (Å²) in [6.45, 7) is 4.71. The number of aryl methyl sites for hydroxylation is 1. The fourth-order valence-electron chi connectivity index (χ4n) is 1.95. The van der Waals surface area contributed by atoms with Crippen molar-refractivity contribution in [2.75, 3.05) is 6.61 Å². The van der Waals surface area contributed by atoms with E-state index in [0.29, 0.717) is 6.61 Å². The van der Waals surface area contributed by atoms with Gasteiger partial charge in [-0.1, -0.05) is 46.3 Å². The highest BCUT2D eigenvalue weighted by Crippen LogP contribution is 2.35. The maximum absolute atomic E-state index is 6.57. The fourth-order valence-corrected chi connectivity index (χ4v) is 2.90. The molecule has 0 bridgehead atoms. The van der Waals surface area contributed by atoms with Gasteiger partial charge < -0.3 is 4.74 Å². The SMILES string of the molecule is CCOc1ccc(C(Cl)c2cccc(C)c2Br)cc1. The Hall–Kier alpha value is -0.990. The average Bonchev–Trinajstić information content (AvgIpc) is 2.42. The molecule has 0 saturated carbocycles. The molecule has 0 N–H and O–H groups in total. The van der Waals surface area contributed by atoms with E-state index in [-0.39, 0.29) is 5.38 Å². The molecule has 19 heavy (non-hydrogen) atoms. The van der Waals surface area contributed by atoms with Crippen molar-refractivity contribution >= 4 is 27.5 Å². The van der Waals surface area contributed by atoms with E-state index < -0.39 is 0 Å². The molecule has 0 radical (unpaired) electrons. The van der Waals surface area contributed by atoms with E-state index in [0.717, 1.165) is 21.3 Å². The predicted molar refractivity (Wildman–Crippen MR) is 84.2 cm³/mol. The minimum absolute atomic E-state index is 0.162. The van der Waals surface area contributed by atoms with Crippen LogP contribution in [-0.2, 0) is 0 Å². The van der Waals surface area contributed by atoms with Crippen LogP contribution in [0.5, 0.6) is 5.75 Å². The zero-order chi connectivity index (χ0) is 13.8. The molecular formula is C16H16BrClO. The van der Waals surface area contributed by atoms with Crippen molar-refractivity contribution in [2.45, 2.75) is 19.2 Å². The van der Waals surface area contributed by atoms with Gasteiger partial charge in [0.05, 0.1) is 12.0 Å². The molecule has 0 saturated heterocycles. The topological polar surface area (TPSA) is 9.23 Å². The number of hydrogen-bond acceptors (Lipinski definition) is 1. The third-order valence-corrected chi connectivity index (χ3v) is 4.55. The van der Waals surface area contributed by atoms with Crippen LogP contribution in [0.3, 0.4) is 0 Å². The second-order valence-electron chi connectivity index (χ2n) is 4.34. The number of ether oxygens (including phenoxy) is 1.